The number of nitrogens with one attached hydrogen (secondary N) is 1. The molecule has 0 aliphatic carbocycles. The zero-order valence-electron chi connectivity index (χ0n) is 13.3. The van der Waals surface area contributed by atoms with Crippen molar-refractivity contribution in [2.45, 2.75) is 45.6 Å². The van der Waals surface area contributed by atoms with Crippen molar-refractivity contribution < 1.29 is 9.84 Å². The minimum absolute atomic E-state index is 0.154. The quantitative estimate of drug-likeness (QED) is 0.719. The maximum atomic E-state index is 10.1. The van der Waals surface area contributed by atoms with E-state index in [0.717, 1.165) is 31.7 Å². The van der Waals surface area contributed by atoms with Crippen LogP contribution in [0.25, 0.3) is 0 Å². The predicted molar refractivity (Wildman–Crippen MR) is 84.1 cm³/mol. The minimum Gasteiger partial charge on any atom is -0.387 e. The molecule has 0 radical (unpaired) electrons. The van der Waals surface area contributed by atoms with E-state index in [1.54, 1.807) is 0 Å². The van der Waals surface area contributed by atoms with Crippen molar-refractivity contribution in [2.24, 2.45) is 0 Å². The van der Waals surface area contributed by atoms with E-state index in [-0.39, 0.29) is 5.41 Å². The molecule has 0 fully saturated rings. The normalized spacial score (nSPS) is 13.4. The second-order valence-electron chi connectivity index (χ2n) is 6.14. The van der Waals surface area contributed by atoms with Gasteiger partial charge in [0.25, 0.3) is 0 Å². The predicted octanol–water partition coefficient (Wildman–Crippen LogP) is 3.03. The standard InChI is InChI=1S/C17H29NO2/c1-5-20-12-6-11-18-13-16(19)14-7-9-15(10-8-14)17(2,3)4/h7-10,16,18-19H,5-6,11-13H2,1-4H3. The van der Waals surface area contributed by atoms with E-state index in [1.165, 1.54) is 5.56 Å². The lowest BCUT2D eigenvalue weighted by molar-refractivity contribution is 0.141. The first-order valence-electron chi connectivity index (χ1n) is 7.52. The Morgan fingerprint density at radius 1 is 1.20 bits per heavy atom. The Hall–Kier alpha value is -0.900. The highest BCUT2D eigenvalue weighted by atomic mass is 16.5. The fraction of sp³-hybridized carbons (Fsp3) is 0.647. The SMILES string of the molecule is CCOCCCNCC(O)c1ccc(C(C)(C)C)cc1. The molecule has 0 aromatic heterocycles. The maximum absolute atomic E-state index is 10.1. The molecule has 0 heterocycles. The molecule has 0 saturated carbocycles. The third-order valence-corrected chi connectivity index (χ3v) is 3.35. The molecular formula is C17H29NO2. The molecule has 0 aliphatic rings. The lowest BCUT2D eigenvalue weighted by atomic mass is 9.86. The summed E-state index contributed by atoms with van der Waals surface area (Å²) in [6.07, 6.45) is 0.528. The third-order valence-electron chi connectivity index (χ3n) is 3.35. The highest BCUT2D eigenvalue weighted by Crippen LogP contribution is 2.23. The van der Waals surface area contributed by atoms with Gasteiger partial charge in [0.05, 0.1) is 6.10 Å². The van der Waals surface area contributed by atoms with E-state index in [4.69, 9.17) is 4.74 Å². The molecule has 1 rings (SSSR count). The van der Waals surface area contributed by atoms with Gasteiger partial charge in [0.1, 0.15) is 0 Å². The van der Waals surface area contributed by atoms with Gasteiger partial charge >= 0.3 is 0 Å². The van der Waals surface area contributed by atoms with Gasteiger partial charge in [0.2, 0.25) is 0 Å². The van der Waals surface area contributed by atoms with Gasteiger partial charge in [-0.15, -0.1) is 0 Å². The van der Waals surface area contributed by atoms with E-state index in [1.807, 2.05) is 19.1 Å². The second-order valence-corrected chi connectivity index (χ2v) is 6.14. The van der Waals surface area contributed by atoms with Crippen LogP contribution in [0.4, 0.5) is 0 Å². The highest BCUT2D eigenvalue weighted by molar-refractivity contribution is 5.28. The molecule has 1 atom stereocenters. The molecule has 3 heteroatoms. The Kier molecular flexibility index (Phi) is 7.20. The Morgan fingerprint density at radius 3 is 2.40 bits per heavy atom. The summed E-state index contributed by atoms with van der Waals surface area (Å²) in [5.41, 5.74) is 2.41. The number of ether oxygens (including phenoxy) is 1. The van der Waals surface area contributed by atoms with Gasteiger partial charge < -0.3 is 15.2 Å². The van der Waals surface area contributed by atoms with Crippen LogP contribution >= 0.6 is 0 Å². The van der Waals surface area contributed by atoms with Crippen LogP contribution in [-0.4, -0.2) is 31.4 Å². The second kappa shape index (κ2) is 8.40. The fourth-order valence-corrected chi connectivity index (χ4v) is 2.01. The van der Waals surface area contributed by atoms with Gasteiger partial charge in [-0.2, -0.15) is 0 Å². The first-order chi connectivity index (χ1) is 9.45. The van der Waals surface area contributed by atoms with Gasteiger partial charge in [-0.3, -0.25) is 0 Å². The molecule has 3 nitrogen and oxygen atoms in total. The smallest absolute Gasteiger partial charge is 0.0914 e. The van der Waals surface area contributed by atoms with E-state index in [0.29, 0.717) is 6.54 Å². The van der Waals surface area contributed by atoms with Crippen LogP contribution in [0.15, 0.2) is 24.3 Å². The summed E-state index contributed by atoms with van der Waals surface area (Å²) in [6, 6.07) is 8.25. The molecule has 0 amide bonds. The van der Waals surface area contributed by atoms with Crippen molar-refractivity contribution in [1.82, 2.24) is 5.32 Å². The van der Waals surface area contributed by atoms with Crippen molar-refractivity contribution in [3.05, 3.63) is 35.4 Å². The lowest BCUT2D eigenvalue weighted by Gasteiger charge is -2.20. The number of hydrogen-bond donors (Lipinski definition) is 2. The number of hydrogen-bond acceptors (Lipinski definition) is 3. The largest absolute Gasteiger partial charge is 0.387 e. The Labute approximate surface area is 123 Å². The molecule has 0 saturated heterocycles. The summed E-state index contributed by atoms with van der Waals surface area (Å²) in [5.74, 6) is 0. The van der Waals surface area contributed by atoms with E-state index in [2.05, 4.69) is 38.2 Å². The van der Waals surface area contributed by atoms with Crippen molar-refractivity contribution in [3.8, 4) is 0 Å². The summed E-state index contributed by atoms with van der Waals surface area (Å²) < 4.78 is 5.27. The molecule has 0 bridgehead atoms. The van der Waals surface area contributed by atoms with Gasteiger partial charge in [0.15, 0.2) is 0 Å². The number of aliphatic hydroxyl groups excluding tert-OH is 1. The topological polar surface area (TPSA) is 41.5 Å². The van der Waals surface area contributed by atoms with Gasteiger partial charge in [0, 0.05) is 19.8 Å². The first-order valence-corrected chi connectivity index (χ1v) is 7.52. The molecule has 1 aromatic rings. The number of rotatable bonds is 8. The Morgan fingerprint density at radius 2 is 1.85 bits per heavy atom. The average Bonchev–Trinajstić information content (AvgIpc) is 2.41. The minimum atomic E-state index is -0.448. The zero-order chi connectivity index (χ0) is 15.0. The monoisotopic (exact) mass is 279 g/mol. The summed E-state index contributed by atoms with van der Waals surface area (Å²) in [7, 11) is 0. The van der Waals surface area contributed by atoms with Crippen LogP contribution in [-0.2, 0) is 10.2 Å². The van der Waals surface area contributed by atoms with Gasteiger partial charge in [-0.25, -0.2) is 0 Å². The molecule has 1 aromatic carbocycles. The van der Waals surface area contributed by atoms with Crippen LogP contribution in [0.1, 0.15) is 51.3 Å². The summed E-state index contributed by atoms with van der Waals surface area (Å²) in [6.45, 7) is 11.6. The molecule has 20 heavy (non-hydrogen) atoms. The van der Waals surface area contributed by atoms with Crippen LogP contribution in [0.2, 0.25) is 0 Å². The van der Waals surface area contributed by atoms with Crippen LogP contribution < -0.4 is 5.32 Å². The Balaban J connectivity index is 2.34. The molecule has 1 unspecified atom stereocenters. The zero-order valence-corrected chi connectivity index (χ0v) is 13.3. The molecule has 0 aliphatic heterocycles. The van der Waals surface area contributed by atoms with Crippen molar-refractivity contribution >= 4 is 0 Å². The van der Waals surface area contributed by atoms with Crippen molar-refractivity contribution in [1.29, 1.82) is 0 Å². The molecular weight excluding hydrogens is 250 g/mol. The van der Waals surface area contributed by atoms with Crippen molar-refractivity contribution in [3.63, 3.8) is 0 Å². The first kappa shape index (κ1) is 17.2. The fourth-order valence-electron chi connectivity index (χ4n) is 2.01. The Bertz CT molecular complexity index is 368. The summed E-state index contributed by atoms with van der Waals surface area (Å²) in [4.78, 5) is 0. The third kappa shape index (κ3) is 6.04. The molecule has 0 spiro atoms. The van der Waals surface area contributed by atoms with E-state index >= 15 is 0 Å². The number of benzene rings is 1. The average molecular weight is 279 g/mol. The van der Waals surface area contributed by atoms with Gasteiger partial charge in [-0.1, -0.05) is 45.0 Å². The molecule has 114 valence electrons. The lowest BCUT2D eigenvalue weighted by Crippen LogP contribution is -2.23. The van der Waals surface area contributed by atoms with Crippen LogP contribution in [0.5, 0.6) is 0 Å². The van der Waals surface area contributed by atoms with E-state index < -0.39 is 6.10 Å². The van der Waals surface area contributed by atoms with Crippen molar-refractivity contribution in [2.75, 3.05) is 26.3 Å². The highest BCUT2D eigenvalue weighted by Gasteiger charge is 2.14. The number of aliphatic hydroxyl groups is 1. The summed E-state index contributed by atoms with van der Waals surface area (Å²) in [5, 5.41) is 13.4. The van der Waals surface area contributed by atoms with Crippen LogP contribution in [0, 0.1) is 0 Å². The van der Waals surface area contributed by atoms with Crippen LogP contribution in [0.3, 0.4) is 0 Å². The maximum Gasteiger partial charge on any atom is 0.0914 e. The molecule has 2 N–H and O–H groups in total. The summed E-state index contributed by atoms with van der Waals surface area (Å²) >= 11 is 0. The van der Waals surface area contributed by atoms with E-state index in [9.17, 15) is 5.11 Å². The van der Waals surface area contributed by atoms with Gasteiger partial charge in [-0.05, 0) is 36.4 Å².